The van der Waals surface area contributed by atoms with Crippen LogP contribution in [0.4, 0.5) is 0 Å². The van der Waals surface area contributed by atoms with Crippen molar-refractivity contribution in [2.45, 2.75) is 45.7 Å². The number of hydrogen-bond acceptors (Lipinski definition) is 3. The van der Waals surface area contributed by atoms with Crippen molar-refractivity contribution in [3.05, 3.63) is 47.3 Å². The fourth-order valence-corrected chi connectivity index (χ4v) is 2.43. The molecule has 1 heterocycles. The van der Waals surface area contributed by atoms with Gasteiger partial charge in [0.25, 0.3) is 0 Å². The highest BCUT2D eigenvalue weighted by molar-refractivity contribution is 5.31. The highest BCUT2D eigenvalue weighted by atomic mass is 15.4. The fourth-order valence-electron chi connectivity index (χ4n) is 2.43. The predicted molar refractivity (Wildman–Crippen MR) is 81.7 cm³/mol. The molecule has 1 aromatic carbocycles. The van der Waals surface area contributed by atoms with Crippen LogP contribution in [-0.2, 0) is 6.54 Å². The van der Waals surface area contributed by atoms with Crippen LogP contribution < -0.4 is 5.32 Å². The van der Waals surface area contributed by atoms with Crippen LogP contribution in [0.2, 0.25) is 0 Å². The van der Waals surface area contributed by atoms with E-state index in [2.05, 4.69) is 60.7 Å². The Bertz CT molecular complexity index is 528. The highest BCUT2D eigenvalue weighted by Gasteiger charge is 2.17. The van der Waals surface area contributed by atoms with Crippen LogP contribution in [-0.4, -0.2) is 22.0 Å². The van der Waals surface area contributed by atoms with Crippen molar-refractivity contribution in [1.82, 2.24) is 20.3 Å². The van der Waals surface area contributed by atoms with Gasteiger partial charge in [0.15, 0.2) is 0 Å². The smallest absolute Gasteiger partial charge is 0.0801 e. The molecule has 20 heavy (non-hydrogen) atoms. The van der Waals surface area contributed by atoms with Crippen molar-refractivity contribution in [3.63, 3.8) is 0 Å². The first-order valence-corrected chi connectivity index (χ1v) is 7.32. The Balaban J connectivity index is 2.29. The summed E-state index contributed by atoms with van der Waals surface area (Å²) in [5, 5.41) is 11.6. The third kappa shape index (κ3) is 3.07. The van der Waals surface area contributed by atoms with E-state index in [4.69, 9.17) is 0 Å². The number of hydrogen-bond donors (Lipinski definition) is 1. The lowest BCUT2D eigenvalue weighted by Gasteiger charge is -2.18. The maximum absolute atomic E-state index is 4.17. The summed E-state index contributed by atoms with van der Waals surface area (Å²) < 4.78 is 1.98. The van der Waals surface area contributed by atoms with Crippen molar-refractivity contribution in [2.24, 2.45) is 0 Å². The van der Waals surface area contributed by atoms with Crippen LogP contribution in [0.25, 0.3) is 0 Å². The average molecular weight is 272 g/mol. The minimum atomic E-state index is 0.137. The van der Waals surface area contributed by atoms with Crippen LogP contribution in [0, 0.1) is 0 Å². The van der Waals surface area contributed by atoms with Crippen molar-refractivity contribution in [2.75, 3.05) is 7.05 Å². The SMILES string of the molecule is CCCn1nncc1C(NC)c1ccc(C(C)C)cc1. The molecule has 108 valence electrons. The van der Waals surface area contributed by atoms with E-state index >= 15 is 0 Å². The van der Waals surface area contributed by atoms with E-state index in [1.165, 1.54) is 11.1 Å². The molecule has 0 radical (unpaired) electrons. The van der Waals surface area contributed by atoms with Crippen LogP contribution in [0.5, 0.6) is 0 Å². The topological polar surface area (TPSA) is 42.7 Å². The zero-order valence-corrected chi connectivity index (χ0v) is 12.8. The molecule has 0 fully saturated rings. The monoisotopic (exact) mass is 272 g/mol. The van der Waals surface area contributed by atoms with E-state index in [0.717, 1.165) is 18.7 Å². The standard InChI is InChI=1S/C16H24N4/c1-5-10-20-15(11-18-19-20)16(17-4)14-8-6-13(7-9-14)12(2)3/h6-9,11-12,16-17H,5,10H2,1-4H3. The molecule has 1 aromatic heterocycles. The molecule has 0 bridgehead atoms. The van der Waals surface area contributed by atoms with Gasteiger partial charge in [0, 0.05) is 6.54 Å². The van der Waals surface area contributed by atoms with Crippen molar-refractivity contribution < 1.29 is 0 Å². The fraction of sp³-hybridized carbons (Fsp3) is 0.500. The Morgan fingerprint density at radius 3 is 2.35 bits per heavy atom. The van der Waals surface area contributed by atoms with Gasteiger partial charge in [-0.25, -0.2) is 4.68 Å². The van der Waals surface area contributed by atoms with Gasteiger partial charge in [-0.1, -0.05) is 50.3 Å². The van der Waals surface area contributed by atoms with Gasteiger partial charge in [0.05, 0.1) is 17.9 Å². The number of nitrogens with zero attached hydrogens (tertiary/aromatic N) is 3. The largest absolute Gasteiger partial charge is 0.308 e. The molecule has 0 spiro atoms. The van der Waals surface area contributed by atoms with Gasteiger partial charge in [0.2, 0.25) is 0 Å². The molecule has 0 amide bonds. The number of aryl methyl sites for hydroxylation is 1. The van der Waals surface area contributed by atoms with E-state index < -0.39 is 0 Å². The quantitative estimate of drug-likeness (QED) is 0.878. The van der Waals surface area contributed by atoms with Gasteiger partial charge >= 0.3 is 0 Å². The van der Waals surface area contributed by atoms with Crippen LogP contribution in [0.15, 0.2) is 30.5 Å². The predicted octanol–water partition coefficient (Wildman–Crippen LogP) is 3.12. The molecule has 2 aromatic rings. The summed E-state index contributed by atoms with van der Waals surface area (Å²) in [6, 6.07) is 8.94. The van der Waals surface area contributed by atoms with E-state index in [-0.39, 0.29) is 6.04 Å². The Hall–Kier alpha value is -1.68. The molecule has 0 saturated carbocycles. The van der Waals surface area contributed by atoms with Gasteiger partial charge in [-0.3, -0.25) is 0 Å². The van der Waals surface area contributed by atoms with E-state index in [9.17, 15) is 0 Å². The Morgan fingerprint density at radius 2 is 1.80 bits per heavy atom. The lowest BCUT2D eigenvalue weighted by atomic mass is 9.98. The van der Waals surface area contributed by atoms with Crippen molar-refractivity contribution >= 4 is 0 Å². The van der Waals surface area contributed by atoms with Gasteiger partial charge in [-0.15, -0.1) is 5.10 Å². The van der Waals surface area contributed by atoms with E-state index in [0.29, 0.717) is 5.92 Å². The lowest BCUT2D eigenvalue weighted by molar-refractivity contribution is 0.523. The molecule has 1 unspecified atom stereocenters. The molecule has 4 heteroatoms. The minimum absolute atomic E-state index is 0.137. The first-order chi connectivity index (χ1) is 9.67. The van der Waals surface area contributed by atoms with Gasteiger partial charge < -0.3 is 5.32 Å². The van der Waals surface area contributed by atoms with Gasteiger partial charge in [0.1, 0.15) is 0 Å². The molecule has 1 atom stereocenters. The Kier molecular flexibility index (Phi) is 4.90. The van der Waals surface area contributed by atoms with Crippen LogP contribution in [0.3, 0.4) is 0 Å². The van der Waals surface area contributed by atoms with E-state index in [1.54, 1.807) is 0 Å². The van der Waals surface area contributed by atoms with Crippen LogP contribution in [0.1, 0.15) is 56.0 Å². The first-order valence-electron chi connectivity index (χ1n) is 7.32. The molecular formula is C16H24N4. The summed E-state index contributed by atoms with van der Waals surface area (Å²) in [7, 11) is 1.98. The summed E-state index contributed by atoms with van der Waals surface area (Å²) in [6.45, 7) is 7.48. The van der Waals surface area contributed by atoms with Crippen molar-refractivity contribution in [3.8, 4) is 0 Å². The zero-order valence-electron chi connectivity index (χ0n) is 12.8. The normalized spacial score (nSPS) is 12.8. The van der Waals surface area contributed by atoms with Gasteiger partial charge in [-0.2, -0.15) is 0 Å². The summed E-state index contributed by atoms with van der Waals surface area (Å²) in [5.74, 6) is 0.560. The molecule has 1 N–H and O–H groups in total. The maximum atomic E-state index is 4.17. The highest BCUT2D eigenvalue weighted by Crippen LogP contribution is 2.23. The van der Waals surface area contributed by atoms with E-state index in [1.807, 2.05) is 17.9 Å². The number of rotatable bonds is 6. The first kappa shape index (κ1) is 14.7. The second-order valence-electron chi connectivity index (χ2n) is 5.43. The third-order valence-electron chi connectivity index (χ3n) is 3.60. The van der Waals surface area contributed by atoms with Gasteiger partial charge in [-0.05, 0) is 30.5 Å². The number of aromatic nitrogens is 3. The zero-order chi connectivity index (χ0) is 14.5. The van der Waals surface area contributed by atoms with Crippen LogP contribution >= 0.6 is 0 Å². The summed E-state index contributed by atoms with van der Waals surface area (Å²) >= 11 is 0. The minimum Gasteiger partial charge on any atom is -0.308 e. The second-order valence-corrected chi connectivity index (χ2v) is 5.43. The molecule has 0 aliphatic carbocycles. The molecule has 0 saturated heterocycles. The molecular weight excluding hydrogens is 248 g/mol. The summed E-state index contributed by atoms with van der Waals surface area (Å²) in [5.41, 5.74) is 3.73. The Morgan fingerprint density at radius 1 is 1.15 bits per heavy atom. The maximum Gasteiger partial charge on any atom is 0.0801 e. The second kappa shape index (κ2) is 6.66. The number of benzene rings is 1. The molecule has 0 aliphatic rings. The lowest BCUT2D eigenvalue weighted by Crippen LogP contribution is -2.21. The van der Waals surface area contributed by atoms with Crippen molar-refractivity contribution in [1.29, 1.82) is 0 Å². The third-order valence-corrected chi connectivity index (χ3v) is 3.60. The molecule has 4 nitrogen and oxygen atoms in total. The summed E-state index contributed by atoms with van der Waals surface area (Å²) in [6.07, 6.45) is 2.91. The number of nitrogens with one attached hydrogen (secondary N) is 1. The molecule has 2 rings (SSSR count). The molecule has 0 aliphatic heterocycles. The Labute approximate surface area is 121 Å². The average Bonchev–Trinajstić information content (AvgIpc) is 2.89. The summed E-state index contributed by atoms with van der Waals surface area (Å²) in [4.78, 5) is 0.